The number of nitrogens with two attached hydrogens (primary N) is 1. The Bertz CT molecular complexity index is 364. The van der Waals surface area contributed by atoms with Crippen molar-refractivity contribution in [1.82, 2.24) is 0 Å². The van der Waals surface area contributed by atoms with Crippen LogP contribution in [-0.2, 0) is 4.79 Å². The summed E-state index contributed by atoms with van der Waals surface area (Å²) in [7, 11) is 0. The second kappa shape index (κ2) is 4.56. The fraction of sp³-hybridized carbons (Fsp3) is 0.462. The van der Waals surface area contributed by atoms with Gasteiger partial charge >= 0.3 is 0 Å². The maximum absolute atomic E-state index is 11.3. The van der Waals surface area contributed by atoms with E-state index in [1.807, 2.05) is 24.3 Å². The minimum Gasteiger partial charge on any atom is -0.399 e. The number of hydrogen-bond acceptors (Lipinski definition) is 3. The molecule has 2 rings (SSSR count). The maximum atomic E-state index is 11.3. The molecule has 0 aromatic heterocycles. The second-order valence-corrected chi connectivity index (χ2v) is 4.46. The molecule has 1 aromatic rings. The third kappa shape index (κ3) is 2.35. The van der Waals surface area contributed by atoms with Crippen molar-refractivity contribution in [3.63, 3.8) is 0 Å². The summed E-state index contributed by atoms with van der Waals surface area (Å²) in [6, 6.07) is 7.94. The highest BCUT2D eigenvalue weighted by Crippen LogP contribution is 2.24. The Morgan fingerprint density at radius 1 is 1.25 bits per heavy atom. The van der Waals surface area contributed by atoms with Gasteiger partial charge in [-0.05, 0) is 44.0 Å². The third-order valence-corrected chi connectivity index (χ3v) is 3.33. The van der Waals surface area contributed by atoms with Gasteiger partial charge in [0.05, 0.1) is 0 Å². The first-order valence-corrected chi connectivity index (χ1v) is 5.78. The molecule has 0 atom stereocenters. The van der Waals surface area contributed by atoms with Crippen LogP contribution in [0.5, 0.6) is 0 Å². The van der Waals surface area contributed by atoms with Crippen LogP contribution >= 0.6 is 0 Å². The van der Waals surface area contributed by atoms with E-state index in [2.05, 4.69) is 4.90 Å². The Balaban J connectivity index is 1.99. The van der Waals surface area contributed by atoms with E-state index in [0.29, 0.717) is 5.78 Å². The monoisotopic (exact) mass is 218 g/mol. The number of anilines is 2. The van der Waals surface area contributed by atoms with E-state index in [0.717, 1.165) is 31.6 Å². The van der Waals surface area contributed by atoms with Crippen molar-refractivity contribution < 1.29 is 4.79 Å². The van der Waals surface area contributed by atoms with Crippen LogP contribution in [0, 0.1) is 5.92 Å². The number of nitrogen functional groups attached to an aromatic ring is 1. The van der Waals surface area contributed by atoms with Gasteiger partial charge in [0.2, 0.25) is 0 Å². The molecule has 3 nitrogen and oxygen atoms in total. The lowest BCUT2D eigenvalue weighted by atomic mass is 9.93. The van der Waals surface area contributed by atoms with E-state index in [4.69, 9.17) is 5.73 Å². The molecule has 3 heteroatoms. The van der Waals surface area contributed by atoms with Crippen molar-refractivity contribution in [3.05, 3.63) is 24.3 Å². The summed E-state index contributed by atoms with van der Waals surface area (Å²) in [6.45, 7) is 3.63. The first kappa shape index (κ1) is 11.0. The van der Waals surface area contributed by atoms with Crippen molar-refractivity contribution in [1.29, 1.82) is 0 Å². The van der Waals surface area contributed by atoms with Gasteiger partial charge in [-0.2, -0.15) is 0 Å². The Morgan fingerprint density at radius 2 is 1.81 bits per heavy atom. The van der Waals surface area contributed by atoms with Crippen molar-refractivity contribution in [3.8, 4) is 0 Å². The first-order valence-electron chi connectivity index (χ1n) is 5.78. The van der Waals surface area contributed by atoms with Gasteiger partial charge in [-0.1, -0.05) is 0 Å². The van der Waals surface area contributed by atoms with Crippen LogP contribution < -0.4 is 10.6 Å². The zero-order chi connectivity index (χ0) is 11.5. The largest absolute Gasteiger partial charge is 0.399 e. The molecule has 0 radical (unpaired) electrons. The summed E-state index contributed by atoms with van der Waals surface area (Å²) >= 11 is 0. The minimum absolute atomic E-state index is 0.269. The van der Waals surface area contributed by atoms with E-state index in [-0.39, 0.29) is 5.92 Å². The lowest BCUT2D eigenvalue weighted by Crippen LogP contribution is -2.35. The summed E-state index contributed by atoms with van der Waals surface area (Å²) in [5.41, 5.74) is 7.65. The maximum Gasteiger partial charge on any atom is 0.133 e. The van der Waals surface area contributed by atoms with Crippen molar-refractivity contribution in [2.45, 2.75) is 19.8 Å². The van der Waals surface area contributed by atoms with Crippen LogP contribution in [0.15, 0.2) is 24.3 Å². The number of piperidine rings is 1. The third-order valence-electron chi connectivity index (χ3n) is 3.33. The molecule has 2 N–H and O–H groups in total. The molecule has 0 spiro atoms. The quantitative estimate of drug-likeness (QED) is 0.773. The highest BCUT2D eigenvalue weighted by molar-refractivity contribution is 5.78. The smallest absolute Gasteiger partial charge is 0.133 e. The molecule has 1 heterocycles. The van der Waals surface area contributed by atoms with E-state index in [9.17, 15) is 4.79 Å². The van der Waals surface area contributed by atoms with Gasteiger partial charge in [-0.15, -0.1) is 0 Å². The predicted molar refractivity (Wildman–Crippen MR) is 66.5 cm³/mol. The van der Waals surface area contributed by atoms with Crippen molar-refractivity contribution >= 4 is 17.2 Å². The van der Waals surface area contributed by atoms with Crippen LogP contribution in [0.25, 0.3) is 0 Å². The topological polar surface area (TPSA) is 46.3 Å². The van der Waals surface area contributed by atoms with Gasteiger partial charge < -0.3 is 10.6 Å². The van der Waals surface area contributed by atoms with Gasteiger partial charge in [0.25, 0.3) is 0 Å². The highest BCUT2D eigenvalue weighted by Gasteiger charge is 2.22. The summed E-state index contributed by atoms with van der Waals surface area (Å²) in [5, 5.41) is 0. The minimum atomic E-state index is 0.269. The van der Waals surface area contributed by atoms with E-state index in [1.165, 1.54) is 5.69 Å². The summed E-state index contributed by atoms with van der Waals surface area (Å²) in [4.78, 5) is 13.6. The summed E-state index contributed by atoms with van der Waals surface area (Å²) < 4.78 is 0. The molecule has 0 amide bonds. The number of hydrogen-bond donors (Lipinski definition) is 1. The molecule has 1 aliphatic rings. The van der Waals surface area contributed by atoms with Crippen molar-refractivity contribution in [2.75, 3.05) is 23.7 Å². The molecule has 16 heavy (non-hydrogen) atoms. The Labute approximate surface area is 96.2 Å². The standard InChI is InChI=1S/C13H18N2O/c1-10(16)11-6-8-15(9-7-11)13-4-2-12(14)3-5-13/h2-5,11H,6-9,14H2,1H3. The first-order chi connectivity index (χ1) is 7.66. The molecule has 1 aromatic carbocycles. The molecular weight excluding hydrogens is 200 g/mol. The SMILES string of the molecule is CC(=O)C1CCN(c2ccc(N)cc2)CC1. The molecule has 0 bridgehead atoms. The van der Waals surface area contributed by atoms with Crippen molar-refractivity contribution in [2.24, 2.45) is 5.92 Å². The molecule has 86 valence electrons. The van der Waals surface area contributed by atoms with Crippen LogP contribution in [0.4, 0.5) is 11.4 Å². The van der Waals surface area contributed by atoms with Crippen LogP contribution in [0.3, 0.4) is 0 Å². The molecular formula is C13H18N2O. The molecule has 1 aliphatic heterocycles. The average molecular weight is 218 g/mol. The fourth-order valence-corrected chi connectivity index (χ4v) is 2.23. The van der Waals surface area contributed by atoms with E-state index < -0.39 is 0 Å². The van der Waals surface area contributed by atoms with Crippen LogP contribution in [0.2, 0.25) is 0 Å². The zero-order valence-electron chi connectivity index (χ0n) is 9.65. The van der Waals surface area contributed by atoms with Gasteiger partial charge in [-0.3, -0.25) is 4.79 Å². The molecule has 0 aliphatic carbocycles. The van der Waals surface area contributed by atoms with Gasteiger partial charge in [-0.25, -0.2) is 0 Å². The number of carbonyl (C=O) groups is 1. The lowest BCUT2D eigenvalue weighted by molar-refractivity contribution is -0.121. The number of rotatable bonds is 2. The number of ketones is 1. The van der Waals surface area contributed by atoms with Gasteiger partial charge in [0, 0.05) is 30.4 Å². The average Bonchev–Trinajstić information content (AvgIpc) is 2.30. The summed E-state index contributed by atoms with van der Waals surface area (Å²) in [5.74, 6) is 0.599. The normalized spacial score (nSPS) is 17.4. The van der Waals surface area contributed by atoms with E-state index >= 15 is 0 Å². The fourth-order valence-electron chi connectivity index (χ4n) is 2.23. The second-order valence-electron chi connectivity index (χ2n) is 4.46. The number of carbonyl (C=O) groups excluding carboxylic acids is 1. The highest BCUT2D eigenvalue weighted by atomic mass is 16.1. The summed E-state index contributed by atoms with van der Waals surface area (Å²) in [6.07, 6.45) is 1.94. The van der Waals surface area contributed by atoms with Crippen LogP contribution in [-0.4, -0.2) is 18.9 Å². The lowest BCUT2D eigenvalue weighted by Gasteiger charge is -2.32. The van der Waals surface area contributed by atoms with Crippen LogP contribution in [0.1, 0.15) is 19.8 Å². The molecule has 0 saturated carbocycles. The van der Waals surface area contributed by atoms with Gasteiger partial charge in [0.1, 0.15) is 5.78 Å². The number of Topliss-reactive ketones (excluding diaryl/α,β-unsaturated/α-hetero) is 1. The molecule has 1 fully saturated rings. The number of nitrogens with zero attached hydrogens (tertiary/aromatic N) is 1. The number of benzene rings is 1. The Kier molecular flexibility index (Phi) is 3.13. The molecule has 0 unspecified atom stereocenters. The van der Waals surface area contributed by atoms with Gasteiger partial charge in [0.15, 0.2) is 0 Å². The predicted octanol–water partition coefficient (Wildman–Crippen LogP) is 2.07. The Hall–Kier alpha value is -1.51. The molecule has 1 saturated heterocycles. The Morgan fingerprint density at radius 3 is 2.31 bits per heavy atom. The van der Waals surface area contributed by atoms with E-state index in [1.54, 1.807) is 6.92 Å². The zero-order valence-corrected chi connectivity index (χ0v) is 9.65.